The molecule has 0 saturated heterocycles. The average molecular weight is 776 g/mol. The van der Waals surface area contributed by atoms with Gasteiger partial charge in [0.2, 0.25) is 0 Å². The number of hydrogen-bond donors (Lipinski definition) is 0. The van der Waals surface area contributed by atoms with Gasteiger partial charge in [-0.3, -0.25) is 0 Å². The molecule has 0 atom stereocenters. The zero-order chi connectivity index (χ0) is 40.3. The van der Waals surface area contributed by atoms with E-state index in [9.17, 15) is 0 Å². The zero-order valence-electron chi connectivity index (χ0n) is 33.2. The molecule has 12 rings (SSSR count). The first-order valence-corrected chi connectivity index (χ1v) is 20.8. The van der Waals surface area contributed by atoms with Crippen molar-refractivity contribution in [3.8, 4) is 89.8 Å². The fourth-order valence-electron chi connectivity index (χ4n) is 9.82. The van der Waals surface area contributed by atoms with Crippen LogP contribution in [0.25, 0.3) is 89.8 Å². The van der Waals surface area contributed by atoms with Gasteiger partial charge in [0.15, 0.2) is 17.5 Å². The average Bonchev–Trinajstić information content (AvgIpc) is 3.82. The Morgan fingerprint density at radius 3 is 1.07 bits per heavy atom. The van der Waals surface area contributed by atoms with E-state index in [1.165, 1.54) is 44.5 Å². The van der Waals surface area contributed by atoms with E-state index in [0.29, 0.717) is 17.5 Å². The van der Waals surface area contributed by atoms with E-state index < -0.39 is 5.41 Å². The van der Waals surface area contributed by atoms with Crippen LogP contribution in [-0.4, -0.2) is 15.0 Å². The largest absolute Gasteiger partial charge is 0.208 e. The molecular formula is C58H37N3. The van der Waals surface area contributed by atoms with E-state index in [-0.39, 0.29) is 0 Å². The lowest BCUT2D eigenvalue weighted by Crippen LogP contribution is -2.25. The van der Waals surface area contributed by atoms with E-state index in [2.05, 4.69) is 218 Å². The molecule has 0 amide bonds. The Balaban J connectivity index is 1.10. The Labute approximate surface area is 355 Å². The predicted octanol–water partition coefficient (Wildman–Crippen LogP) is 14.2. The Kier molecular flexibility index (Phi) is 8.07. The van der Waals surface area contributed by atoms with Gasteiger partial charge in [-0.05, 0) is 108 Å². The molecule has 10 aromatic rings. The third-order valence-corrected chi connectivity index (χ3v) is 12.5. The van der Waals surface area contributed by atoms with Gasteiger partial charge in [0.25, 0.3) is 0 Å². The molecule has 1 spiro atoms. The zero-order valence-corrected chi connectivity index (χ0v) is 33.2. The van der Waals surface area contributed by atoms with Crippen LogP contribution in [0.2, 0.25) is 0 Å². The highest BCUT2D eigenvalue weighted by Gasteiger charge is 2.51. The van der Waals surface area contributed by atoms with Gasteiger partial charge in [-0.1, -0.05) is 194 Å². The van der Waals surface area contributed by atoms with Crippen LogP contribution in [0.5, 0.6) is 0 Å². The van der Waals surface area contributed by atoms with Crippen molar-refractivity contribution in [2.75, 3.05) is 0 Å². The van der Waals surface area contributed by atoms with Gasteiger partial charge >= 0.3 is 0 Å². The maximum Gasteiger partial charge on any atom is 0.164 e. The van der Waals surface area contributed by atoms with Crippen LogP contribution in [0, 0.1) is 0 Å². The molecule has 1 aromatic heterocycles. The van der Waals surface area contributed by atoms with Crippen LogP contribution in [0.15, 0.2) is 224 Å². The number of aromatic nitrogens is 3. The monoisotopic (exact) mass is 775 g/mol. The fraction of sp³-hybridized carbons (Fsp3) is 0.0172. The summed E-state index contributed by atoms with van der Waals surface area (Å²) in [4.78, 5) is 16.1. The summed E-state index contributed by atoms with van der Waals surface area (Å²) < 4.78 is 0. The molecule has 61 heavy (non-hydrogen) atoms. The number of rotatable bonds is 6. The maximum absolute atomic E-state index is 5.41. The molecule has 3 heteroatoms. The summed E-state index contributed by atoms with van der Waals surface area (Å²) in [5.74, 6) is 1.87. The molecule has 2 aliphatic carbocycles. The first-order valence-electron chi connectivity index (χ1n) is 20.8. The molecular weight excluding hydrogens is 739 g/mol. The van der Waals surface area contributed by atoms with Crippen molar-refractivity contribution in [3.63, 3.8) is 0 Å². The molecule has 2 aliphatic rings. The molecule has 284 valence electrons. The van der Waals surface area contributed by atoms with Crippen LogP contribution < -0.4 is 0 Å². The molecule has 0 bridgehead atoms. The Morgan fingerprint density at radius 2 is 0.557 bits per heavy atom. The minimum absolute atomic E-state index is 0.480. The summed E-state index contributed by atoms with van der Waals surface area (Å²) in [6.45, 7) is 0. The fourth-order valence-corrected chi connectivity index (χ4v) is 9.82. The van der Waals surface area contributed by atoms with Crippen LogP contribution in [0.3, 0.4) is 0 Å². The summed E-state index contributed by atoms with van der Waals surface area (Å²) in [6, 6.07) is 80.4. The Bertz CT molecular complexity index is 3180. The van der Waals surface area contributed by atoms with E-state index >= 15 is 0 Å². The Hall–Kier alpha value is -8.01. The highest BCUT2D eigenvalue weighted by Crippen LogP contribution is 2.63. The van der Waals surface area contributed by atoms with Crippen LogP contribution >= 0.6 is 0 Å². The van der Waals surface area contributed by atoms with Gasteiger partial charge in [0.05, 0.1) is 5.41 Å². The molecule has 9 aromatic carbocycles. The molecule has 3 nitrogen and oxygen atoms in total. The highest BCUT2D eigenvalue weighted by molar-refractivity contribution is 5.96. The van der Waals surface area contributed by atoms with E-state index in [0.717, 1.165) is 50.1 Å². The van der Waals surface area contributed by atoms with Gasteiger partial charge in [0.1, 0.15) is 0 Å². The minimum atomic E-state index is -0.480. The number of benzene rings is 9. The molecule has 0 aliphatic heterocycles. The van der Waals surface area contributed by atoms with Crippen molar-refractivity contribution in [2.45, 2.75) is 5.41 Å². The van der Waals surface area contributed by atoms with E-state index in [4.69, 9.17) is 15.0 Å². The molecule has 0 fully saturated rings. The lowest BCUT2D eigenvalue weighted by Gasteiger charge is -2.30. The maximum atomic E-state index is 5.41. The molecule has 0 unspecified atom stereocenters. The first-order chi connectivity index (χ1) is 30.2. The van der Waals surface area contributed by atoms with Crippen molar-refractivity contribution in [2.24, 2.45) is 0 Å². The second-order valence-corrected chi connectivity index (χ2v) is 15.9. The summed E-state index contributed by atoms with van der Waals surface area (Å²) >= 11 is 0. The van der Waals surface area contributed by atoms with E-state index in [1.54, 1.807) is 0 Å². The third kappa shape index (κ3) is 5.62. The van der Waals surface area contributed by atoms with Gasteiger partial charge in [-0.25, -0.2) is 15.0 Å². The second kappa shape index (κ2) is 14.1. The highest BCUT2D eigenvalue weighted by atomic mass is 15.0. The molecule has 0 N–H and O–H groups in total. The van der Waals surface area contributed by atoms with Gasteiger partial charge in [-0.2, -0.15) is 0 Å². The summed E-state index contributed by atoms with van der Waals surface area (Å²) in [5, 5.41) is 0. The summed E-state index contributed by atoms with van der Waals surface area (Å²) in [6.07, 6.45) is 0. The smallest absolute Gasteiger partial charge is 0.164 e. The molecule has 0 saturated carbocycles. The topological polar surface area (TPSA) is 38.7 Å². The van der Waals surface area contributed by atoms with Crippen molar-refractivity contribution in [1.29, 1.82) is 0 Å². The lowest BCUT2D eigenvalue weighted by molar-refractivity contribution is 0.794. The van der Waals surface area contributed by atoms with E-state index in [1.807, 2.05) is 6.07 Å². The predicted molar refractivity (Wildman–Crippen MR) is 249 cm³/mol. The van der Waals surface area contributed by atoms with Gasteiger partial charge in [-0.15, -0.1) is 0 Å². The Morgan fingerprint density at radius 1 is 0.213 bits per heavy atom. The quantitative estimate of drug-likeness (QED) is 0.169. The first kappa shape index (κ1) is 35.0. The summed E-state index contributed by atoms with van der Waals surface area (Å²) in [5.41, 5.74) is 19.2. The lowest BCUT2D eigenvalue weighted by atomic mass is 9.70. The van der Waals surface area contributed by atoms with Crippen LogP contribution in [0.1, 0.15) is 22.3 Å². The van der Waals surface area contributed by atoms with Crippen molar-refractivity contribution in [3.05, 3.63) is 247 Å². The van der Waals surface area contributed by atoms with Gasteiger partial charge < -0.3 is 0 Å². The summed E-state index contributed by atoms with van der Waals surface area (Å²) in [7, 11) is 0. The van der Waals surface area contributed by atoms with Crippen LogP contribution in [-0.2, 0) is 5.41 Å². The number of fused-ring (bicyclic) bond motifs is 10. The molecule has 0 radical (unpaired) electrons. The number of hydrogen-bond acceptors (Lipinski definition) is 3. The van der Waals surface area contributed by atoms with Crippen molar-refractivity contribution < 1.29 is 0 Å². The van der Waals surface area contributed by atoms with Gasteiger partial charge in [0, 0.05) is 16.7 Å². The number of nitrogens with zero attached hydrogens (tertiary/aromatic N) is 3. The SMILES string of the molecule is c1ccc(-c2cccc(-c3nc(-c4cc(-c5ccccc5)cc(-c5ccccc5)c4)nc(-c4ccc5c(c4)C4(c6ccccc6-c6ccccc64)c4ccccc4-5)n3)c2)cc1. The third-order valence-electron chi connectivity index (χ3n) is 12.5. The minimum Gasteiger partial charge on any atom is -0.208 e. The normalized spacial score (nSPS) is 12.7. The standard InChI is InChI=1S/C58H37N3/c1-4-17-38(18-5-1)41-23-16-24-42(33-41)55-59-56(61-57(60-55)46-35-44(39-19-6-2-7-20-39)34-45(36-46)40-21-8-3-9-22-40)43-31-32-50-49-27-12-15-30-53(49)58(54(50)37-43)51-28-13-10-25-47(51)48-26-11-14-29-52(48)58/h1-37H. The van der Waals surface area contributed by atoms with Crippen LogP contribution in [0.4, 0.5) is 0 Å². The molecule has 1 heterocycles. The second-order valence-electron chi connectivity index (χ2n) is 15.9. The van der Waals surface area contributed by atoms with Crippen molar-refractivity contribution in [1.82, 2.24) is 15.0 Å². The van der Waals surface area contributed by atoms with Crippen molar-refractivity contribution >= 4 is 0 Å².